The summed E-state index contributed by atoms with van der Waals surface area (Å²) < 4.78 is 5.62. The van der Waals surface area contributed by atoms with Crippen LogP contribution in [0.5, 0.6) is 5.88 Å². The Bertz CT molecular complexity index is 416. The lowest BCUT2D eigenvalue weighted by Crippen LogP contribution is -2.22. The van der Waals surface area contributed by atoms with E-state index >= 15 is 0 Å². The summed E-state index contributed by atoms with van der Waals surface area (Å²) in [6.45, 7) is 10.5. The van der Waals surface area contributed by atoms with E-state index in [1.165, 1.54) is 25.9 Å². The fraction of sp³-hybridized carbons (Fsp3) is 0.733. The summed E-state index contributed by atoms with van der Waals surface area (Å²) in [5.74, 6) is 1.32. The molecule has 1 aromatic heterocycles. The molecule has 0 bridgehead atoms. The Balaban J connectivity index is 1.77. The zero-order chi connectivity index (χ0) is 14.4. The molecule has 5 nitrogen and oxygen atoms in total. The predicted molar refractivity (Wildman–Crippen MR) is 81.3 cm³/mol. The fourth-order valence-corrected chi connectivity index (χ4v) is 2.43. The topological polar surface area (TPSA) is 50.3 Å². The predicted octanol–water partition coefficient (Wildman–Crippen LogP) is 2.47. The first-order valence-electron chi connectivity index (χ1n) is 7.62. The molecule has 0 spiro atoms. The summed E-state index contributed by atoms with van der Waals surface area (Å²) >= 11 is 0. The van der Waals surface area contributed by atoms with Gasteiger partial charge in [-0.25, -0.2) is 4.98 Å². The molecule has 1 N–H and O–H groups in total. The summed E-state index contributed by atoms with van der Waals surface area (Å²) in [7, 11) is 0. The molecule has 0 aliphatic carbocycles. The molecule has 5 heteroatoms. The van der Waals surface area contributed by atoms with Crippen LogP contribution in [-0.2, 0) is 0 Å². The number of rotatable bonds is 7. The molecule has 112 valence electrons. The quantitative estimate of drug-likeness (QED) is 0.777. The molecule has 1 aliphatic heterocycles. The number of aryl methyl sites for hydroxylation is 1. The Labute approximate surface area is 121 Å². The molecule has 0 amide bonds. The fourth-order valence-electron chi connectivity index (χ4n) is 2.43. The molecular weight excluding hydrogens is 252 g/mol. The SMILES string of the molecule is Cc1cc(OC(C)C)nc(NCCCN2CCCC2)n1. The lowest BCUT2D eigenvalue weighted by molar-refractivity contribution is 0.232. The zero-order valence-electron chi connectivity index (χ0n) is 12.9. The number of likely N-dealkylation sites (tertiary alicyclic amines) is 1. The Morgan fingerprint density at radius 1 is 1.30 bits per heavy atom. The van der Waals surface area contributed by atoms with Gasteiger partial charge in [-0.3, -0.25) is 0 Å². The lowest BCUT2D eigenvalue weighted by atomic mass is 10.4. The third kappa shape index (κ3) is 4.96. The standard InChI is InChI=1S/C15H26N4O/c1-12(2)20-14-11-13(3)17-15(18-14)16-7-6-10-19-8-4-5-9-19/h11-12H,4-10H2,1-3H3,(H,16,17,18). The van der Waals surface area contributed by atoms with E-state index in [-0.39, 0.29) is 6.10 Å². The van der Waals surface area contributed by atoms with Gasteiger partial charge in [0.2, 0.25) is 11.8 Å². The minimum absolute atomic E-state index is 0.132. The number of aromatic nitrogens is 2. The maximum absolute atomic E-state index is 5.62. The number of ether oxygens (including phenoxy) is 1. The highest BCUT2D eigenvalue weighted by atomic mass is 16.5. The third-order valence-corrected chi connectivity index (χ3v) is 3.32. The van der Waals surface area contributed by atoms with Crippen LogP contribution in [0, 0.1) is 6.92 Å². The molecule has 1 fully saturated rings. The van der Waals surface area contributed by atoms with E-state index < -0.39 is 0 Å². The monoisotopic (exact) mass is 278 g/mol. The first-order chi connectivity index (χ1) is 9.63. The maximum Gasteiger partial charge on any atom is 0.226 e. The number of hydrogen-bond donors (Lipinski definition) is 1. The minimum Gasteiger partial charge on any atom is -0.475 e. The van der Waals surface area contributed by atoms with E-state index in [0.29, 0.717) is 11.8 Å². The van der Waals surface area contributed by atoms with Crippen molar-refractivity contribution in [2.45, 2.75) is 46.1 Å². The highest BCUT2D eigenvalue weighted by molar-refractivity contribution is 5.30. The van der Waals surface area contributed by atoms with Gasteiger partial charge in [0.05, 0.1) is 6.10 Å². The second-order valence-corrected chi connectivity index (χ2v) is 5.67. The molecule has 0 aromatic carbocycles. The van der Waals surface area contributed by atoms with Crippen LogP contribution in [0.25, 0.3) is 0 Å². The average Bonchev–Trinajstić information content (AvgIpc) is 2.86. The van der Waals surface area contributed by atoms with Gasteiger partial charge in [-0.1, -0.05) is 0 Å². The van der Waals surface area contributed by atoms with Gasteiger partial charge in [-0.2, -0.15) is 4.98 Å². The molecule has 0 saturated carbocycles. The van der Waals surface area contributed by atoms with E-state index in [1.54, 1.807) is 0 Å². The second-order valence-electron chi connectivity index (χ2n) is 5.67. The molecule has 0 atom stereocenters. The van der Waals surface area contributed by atoms with Crippen molar-refractivity contribution in [3.8, 4) is 5.88 Å². The van der Waals surface area contributed by atoms with Crippen molar-refractivity contribution in [2.75, 3.05) is 31.5 Å². The van der Waals surface area contributed by atoms with E-state index in [2.05, 4.69) is 20.2 Å². The van der Waals surface area contributed by atoms with Crippen molar-refractivity contribution in [3.63, 3.8) is 0 Å². The summed E-state index contributed by atoms with van der Waals surface area (Å²) in [5, 5.41) is 3.29. The molecule has 1 saturated heterocycles. The number of nitrogens with one attached hydrogen (secondary N) is 1. The van der Waals surface area contributed by atoms with Gasteiger partial charge in [-0.05, 0) is 59.7 Å². The third-order valence-electron chi connectivity index (χ3n) is 3.32. The van der Waals surface area contributed by atoms with Gasteiger partial charge in [0.1, 0.15) is 0 Å². The molecule has 20 heavy (non-hydrogen) atoms. The van der Waals surface area contributed by atoms with Crippen LogP contribution in [0.1, 0.15) is 38.8 Å². The summed E-state index contributed by atoms with van der Waals surface area (Å²) in [5.41, 5.74) is 0.928. The Hall–Kier alpha value is -1.36. The van der Waals surface area contributed by atoms with Gasteiger partial charge in [0.25, 0.3) is 0 Å². The average molecular weight is 278 g/mol. The highest BCUT2D eigenvalue weighted by Gasteiger charge is 2.10. The van der Waals surface area contributed by atoms with Crippen molar-refractivity contribution < 1.29 is 4.74 Å². The first kappa shape index (κ1) is 15.0. The molecule has 2 rings (SSSR count). The normalized spacial score (nSPS) is 15.8. The Morgan fingerprint density at radius 3 is 2.75 bits per heavy atom. The van der Waals surface area contributed by atoms with Crippen molar-refractivity contribution in [2.24, 2.45) is 0 Å². The Morgan fingerprint density at radius 2 is 2.05 bits per heavy atom. The van der Waals surface area contributed by atoms with Crippen LogP contribution < -0.4 is 10.1 Å². The number of hydrogen-bond acceptors (Lipinski definition) is 5. The van der Waals surface area contributed by atoms with Gasteiger partial charge < -0.3 is 15.0 Å². The number of nitrogens with zero attached hydrogens (tertiary/aromatic N) is 3. The van der Waals surface area contributed by atoms with Crippen LogP contribution in [0.3, 0.4) is 0 Å². The largest absolute Gasteiger partial charge is 0.475 e. The molecule has 1 aliphatic rings. The smallest absolute Gasteiger partial charge is 0.226 e. The summed E-state index contributed by atoms with van der Waals surface area (Å²) in [4.78, 5) is 11.3. The van der Waals surface area contributed by atoms with E-state index in [9.17, 15) is 0 Å². The summed E-state index contributed by atoms with van der Waals surface area (Å²) in [6, 6.07) is 1.87. The van der Waals surface area contributed by atoms with Crippen LogP contribution in [0.2, 0.25) is 0 Å². The first-order valence-corrected chi connectivity index (χ1v) is 7.62. The van der Waals surface area contributed by atoms with E-state index in [1.807, 2.05) is 26.8 Å². The van der Waals surface area contributed by atoms with Crippen molar-refractivity contribution in [1.82, 2.24) is 14.9 Å². The molecule has 2 heterocycles. The number of anilines is 1. The van der Waals surface area contributed by atoms with Gasteiger partial charge in [0.15, 0.2) is 0 Å². The van der Waals surface area contributed by atoms with Gasteiger partial charge >= 0.3 is 0 Å². The van der Waals surface area contributed by atoms with E-state index in [0.717, 1.165) is 25.2 Å². The molecular formula is C15H26N4O. The lowest BCUT2D eigenvalue weighted by Gasteiger charge is -2.15. The van der Waals surface area contributed by atoms with Crippen molar-refractivity contribution in [1.29, 1.82) is 0 Å². The van der Waals surface area contributed by atoms with Crippen LogP contribution >= 0.6 is 0 Å². The van der Waals surface area contributed by atoms with Crippen molar-refractivity contribution in [3.05, 3.63) is 11.8 Å². The van der Waals surface area contributed by atoms with Gasteiger partial charge in [-0.15, -0.1) is 0 Å². The zero-order valence-corrected chi connectivity index (χ0v) is 12.9. The maximum atomic E-state index is 5.62. The molecule has 1 aromatic rings. The Kier molecular flexibility index (Phi) is 5.59. The molecule has 0 radical (unpaired) electrons. The van der Waals surface area contributed by atoms with Crippen molar-refractivity contribution >= 4 is 5.95 Å². The second kappa shape index (κ2) is 7.43. The van der Waals surface area contributed by atoms with Crippen LogP contribution in [-0.4, -0.2) is 47.2 Å². The summed E-state index contributed by atoms with van der Waals surface area (Å²) in [6.07, 6.45) is 3.96. The molecule has 0 unspecified atom stereocenters. The van der Waals surface area contributed by atoms with E-state index in [4.69, 9.17) is 4.74 Å². The highest BCUT2D eigenvalue weighted by Crippen LogP contribution is 2.13. The van der Waals surface area contributed by atoms with Crippen LogP contribution in [0.15, 0.2) is 6.07 Å². The van der Waals surface area contributed by atoms with Crippen LogP contribution in [0.4, 0.5) is 5.95 Å². The van der Waals surface area contributed by atoms with Gasteiger partial charge in [0, 0.05) is 18.3 Å². The minimum atomic E-state index is 0.132.